The van der Waals surface area contributed by atoms with Gasteiger partial charge in [-0.05, 0) is 18.8 Å². The maximum Gasteiger partial charge on any atom is 0.224 e. The van der Waals surface area contributed by atoms with Crippen LogP contribution in [0.1, 0.15) is 50.2 Å². The Kier molecular flexibility index (Phi) is 4.13. The molecule has 1 aliphatic rings. The molecule has 0 spiro atoms. The normalized spacial score (nSPS) is 21.9. The molecular weight excluding hydrogens is 320 g/mol. The highest BCUT2D eigenvalue weighted by molar-refractivity contribution is 9.10. The summed E-state index contributed by atoms with van der Waals surface area (Å²) in [6.07, 6.45) is 3.23. The van der Waals surface area contributed by atoms with Crippen molar-refractivity contribution >= 4 is 26.0 Å². The number of nitrogens with zero attached hydrogens (tertiary/aromatic N) is 2. The third-order valence-electron chi connectivity index (χ3n) is 3.12. The smallest absolute Gasteiger partial charge is 0.224 e. The van der Waals surface area contributed by atoms with Crippen LogP contribution in [0.2, 0.25) is 0 Å². The van der Waals surface area contributed by atoms with Crippen molar-refractivity contribution in [1.82, 2.24) is 9.29 Å². The van der Waals surface area contributed by atoms with Crippen molar-refractivity contribution in [2.24, 2.45) is 0 Å². The van der Waals surface area contributed by atoms with Gasteiger partial charge in [0.25, 0.3) is 0 Å². The Morgan fingerprint density at radius 3 is 2.89 bits per heavy atom. The van der Waals surface area contributed by atoms with E-state index in [9.17, 15) is 8.42 Å². The van der Waals surface area contributed by atoms with Gasteiger partial charge in [-0.2, -0.15) is 4.31 Å². The number of hydrogen-bond donors (Lipinski definition) is 0. The summed E-state index contributed by atoms with van der Waals surface area (Å²) in [4.78, 5) is 4.40. The largest absolute Gasteiger partial charge is 0.447 e. The number of sulfonamides is 1. The lowest BCUT2D eigenvalue weighted by Crippen LogP contribution is -2.31. The minimum Gasteiger partial charge on any atom is -0.447 e. The third kappa shape index (κ3) is 2.62. The van der Waals surface area contributed by atoms with Gasteiger partial charge in [-0.3, -0.25) is 0 Å². The van der Waals surface area contributed by atoms with Crippen LogP contribution in [0.3, 0.4) is 0 Å². The van der Waals surface area contributed by atoms with E-state index in [0.29, 0.717) is 12.4 Å². The van der Waals surface area contributed by atoms with Crippen LogP contribution < -0.4 is 0 Å². The summed E-state index contributed by atoms with van der Waals surface area (Å²) in [7, 11) is -3.26. The molecule has 0 amide bonds. The van der Waals surface area contributed by atoms with Gasteiger partial charge in [-0.1, -0.05) is 29.8 Å². The van der Waals surface area contributed by atoms with Crippen LogP contribution in [0.15, 0.2) is 10.7 Å². The van der Waals surface area contributed by atoms with Crippen LogP contribution in [0.5, 0.6) is 0 Å². The van der Waals surface area contributed by atoms with Gasteiger partial charge in [-0.25, -0.2) is 13.4 Å². The molecule has 1 aromatic heterocycles. The van der Waals surface area contributed by atoms with Gasteiger partial charge < -0.3 is 4.42 Å². The summed E-state index contributed by atoms with van der Waals surface area (Å²) in [6, 6.07) is -0.250. The molecule has 1 fully saturated rings. The molecule has 0 saturated carbocycles. The van der Waals surface area contributed by atoms with Crippen molar-refractivity contribution in [3.63, 3.8) is 0 Å². The summed E-state index contributed by atoms with van der Waals surface area (Å²) >= 11 is 3.03. The molecule has 2 rings (SSSR count). The first kappa shape index (κ1) is 14.0. The predicted molar refractivity (Wildman–Crippen MR) is 72.0 cm³/mol. The number of oxazole rings is 1. The Labute approximate surface area is 116 Å². The summed E-state index contributed by atoms with van der Waals surface area (Å²) in [6.45, 7) is 4.60. The van der Waals surface area contributed by atoms with Crippen LogP contribution in [0, 0.1) is 0 Å². The molecule has 7 heteroatoms. The molecule has 102 valence electrons. The van der Waals surface area contributed by atoms with E-state index >= 15 is 0 Å². The Morgan fingerprint density at radius 1 is 1.61 bits per heavy atom. The lowest BCUT2D eigenvalue weighted by molar-refractivity contribution is 0.331. The van der Waals surface area contributed by atoms with E-state index in [4.69, 9.17) is 4.42 Å². The summed E-state index contributed by atoms with van der Waals surface area (Å²) in [5, 5.41) is 0. The van der Waals surface area contributed by atoms with Crippen molar-refractivity contribution in [3.8, 4) is 0 Å². The van der Waals surface area contributed by atoms with Crippen molar-refractivity contribution < 1.29 is 12.8 Å². The molecule has 0 radical (unpaired) electrons. The molecule has 0 unspecified atom stereocenters. The molecular formula is C11H17BrN2O3S. The molecule has 5 nitrogen and oxygen atoms in total. The molecule has 0 bridgehead atoms. The molecule has 2 heterocycles. The first-order chi connectivity index (χ1) is 8.45. The van der Waals surface area contributed by atoms with Gasteiger partial charge >= 0.3 is 0 Å². The highest BCUT2D eigenvalue weighted by atomic mass is 79.9. The SMILES string of the molecule is CC(C)c1coc([C@@H]2CCCN2S(=O)(=O)CBr)n1. The quantitative estimate of drug-likeness (QED) is 0.793. The van der Waals surface area contributed by atoms with Crippen LogP contribution >= 0.6 is 15.9 Å². The zero-order chi connectivity index (χ0) is 13.3. The average molecular weight is 337 g/mol. The van der Waals surface area contributed by atoms with Gasteiger partial charge in [0.1, 0.15) is 17.0 Å². The fourth-order valence-corrected chi connectivity index (χ4v) is 4.01. The zero-order valence-electron chi connectivity index (χ0n) is 10.5. The second kappa shape index (κ2) is 5.30. The van der Waals surface area contributed by atoms with Gasteiger partial charge in [0.05, 0.1) is 5.69 Å². The van der Waals surface area contributed by atoms with E-state index in [1.54, 1.807) is 6.26 Å². The maximum atomic E-state index is 11.9. The molecule has 1 saturated heterocycles. The van der Waals surface area contributed by atoms with Gasteiger partial charge in [0.15, 0.2) is 0 Å². The minimum atomic E-state index is -3.26. The topological polar surface area (TPSA) is 63.4 Å². The Balaban J connectivity index is 2.26. The van der Waals surface area contributed by atoms with Crippen LogP contribution in [-0.4, -0.2) is 28.9 Å². The number of halogens is 1. The molecule has 0 N–H and O–H groups in total. The Hall–Kier alpha value is -0.400. The molecule has 0 aliphatic carbocycles. The van der Waals surface area contributed by atoms with E-state index in [2.05, 4.69) is 20.9 Å². The first-order valence-electron chi connectivity index (χ1n) is 5.96. The van der Waals surface area contributed by atoms with E-state index in [1.807, 2.05) is 13.8 Å². The summed E-state index contributed by atoms with van der Waals surface area (Å²) in [5.74, 6) is 0.797. The predicted octanol–water partition coefficient (Wildman–Crippen LogP) is 2.62. The molecule has 1 aromatic rings. The Bertz CT molecular complexity index is 512. The number of hydrogen-bond acceptors (Lipinski definition) is 4. The molecule has 0 aromatic carbocycles. The van der Waals surface area contributed by atoms with E-state index < -0.39 is 10.0 Å². The highest BCUT2D eigenvalue weighted by Gasteiger charge is 2.37. The van der Waals surface area contributed by atoms with Gasteiger partial charge in [0.2, 0.25) is 15.9 Å². The van der Waals surface area contributed by atoms with Gasteiger partial charge in [0, 0.05) is 6.54 Å². The third-order valence-corrected chi connectivity index (χ3v) is 6.28. The van der Waals surface area contributed by atoms with Crippen LogP contribution in [0.25, 0.3) is 0 Å². The van der Waals surface area contributed by atoms with Crippen molar-refractivity contribution in [1.29, 1.82) is 0 Å². The number of alkyl halides is 1. The van der Waals surface area contributed by atoms with Crippen molar-refractivity contribution in [2.45, 2.75) is 38.6 Å². The average Bonchev–Trinajstić information content (AvgIpc) is 2.97. The second-order valence-electron chi connectivity index (χ2n) is 4.76. The van der Waals surface area contributed by atoms with Crippen molar-refractivity contribution in [2.75, 3.05) is 11.2 Å². The maximum absolute atomic E-state index is 11.9. The number of rotatable bonds is 4. The monoisotopic (exact) mass is 336 g/mol. The van der Waals surface area contributed by atoms with Gasteiger partial charge in [-0.15, -0.1) is 0 Å². The van der Waals surface area contributed by atoms with E-state index in [0.717, 1.165) is 18.5 Å². The zero-order valence-corrected chi connectivity index (χ0v) is 12.9. The van der Waals surface area contributed by atoms with E-state index in [-0.39, 0.29) is 16.6 Å². The fourth-order valence-electron chi connectivity index (χ4n) is 2.10. The fraction of sp³-hybridized carbons (Fsp3) is 0.727. The molecule has 18 heavy (non-hydrogen) atoms. The van der Waals surface area contributed by atoms with Crippen molar-refractivity contribution in [3.05, 3.63) is 17.8 Å². The second-order valence-corrected chi connectivity index (χ2v) is 7.98. The summed E-state index contributed by atoms with van der Waals surface area (Å²) < 4.78 is 30.7. The Morgan fingerprint density at radius 2 is 2.33 bits per heavy atom. The van der Waals surface area contributed by atoms with E-state index in [1.165, 1.54) is 4.31 Å². The van der Waals surface area contributed by atoms with Crippen LogP contribution in [0.4, 0.5) is 0 Å². The standard InChI is InChI=1S/C11H17BrN2O3S/c1-8(2)9-6-17-11(13-9)10-4-3-5-14(10)18(15,16)7-12/h6,8,10H,3-5,7H2,1-2H3/t10-/m0/s1. The molecule has 1 aliphatic heterocycles. The highest BCUT2D eigenvalue weighted by Crippen LogP contribution is 2.34. The lowest BCUT2D eigenvalue weighted by Gasteiger charge is -2.20. The minimum absolute atomic E-state index is 0.0613. The lowest BCUT2D eigenvalue weighted by atomic mass is 10.1. The molecule has 1 atom stereocenters. The first-order valence-corrected chi connectivity index (χ1v) is 8.69. The summed E-state index contributed by atoms with van der Waals surface area (Å²) in [5.41, 5.74) is 0.869. The number of aromatic nitrogens is 1. The van der Waals surface area contributed by atoms with Crippen LogP contribution in [-0.2, 0) is 10.0 Å².